The van der Waals surface area contributed by atoms with Gasteiger partial charge in [-0.2, -0.15) is 0 Å². The fourth-order valence-electron chi connectivity index (χ4n) is 3.69. The van der Waals surface area contributed by atoms with Gasteiger partial charge in [0.1, 0.15) is 18.3 Å². The van der Waals surface area contributed by atoms with Gasteiger partial charge in [0, 0.05) is 18.6 Å². The second-order valence-electron chi connectivity index (χ2n) is 8.23. The number of aliphatic hydroxyl groups is 2. The zero-order chi connectivity index (χ0) is 27.3. The van der Waals surface area contributed by atoms with Crippen LogP contribution in [0.3, 0.4) is 0 Å². The van der Waals surface area contributed by atoms with E-state index in [1.807, 2.05) is 0 Å². The van der Waals surface area contributed by atoms with Gasteiger partial charge >= 0.3 is 17.9 Å². The first-order valence-electron chi connectivity index (χ1n) is 10.9. The Kier molecular flexibility index (Phi) is 8.05. The van der Waals surface area contributed by atoms with Crippen molar-refractivity contribution in [3.8, 4) is 23.0 Å². The van der Waals surface area contributed by atoms with Crippen LogP contribution in [-0.2, 0) is 23.9 Å². The number of esters is 2. The maximum Gasteiger partial charge on any atom is 0.351 e. The van der Waals surface area contributed by atoms with Crippen LogP contribution in [0.15, 0.2) is 48.6 Å². The lowest BCUT2D eigenvalue weighted by Crippen LogP contribution is -2.63. The van der Waals surface area contributed by atoms with Crippen LogP contribution >= 0.6 is 0 Å². The monoisotopic (exact) mass is 516 g/mol. The number of carboxylic acids is 1. The van der Waals surface area contributed by atoms with Crippen molar-refractivity contribution in [2.45, 2.75) is 36.8 Å². The summed E-state index contributed by atoms with van der Waals surface area (Å²) in [6.07, 6.45) is -1.90. The first kappa shape index (κ1) is 27.0. The summed E-state index contributed by atoms with van der Waals surface area (Å²) < 4.78 is 10.1. The van der Waals surface area contributed by atoms with E-state index in [9.17, 15) is 50.1 Å². The number of ether oxygens (including phenoxy) is 2. The lowest BCUT2D eigenvalue weighted by Gasteiger charge is -2.42. The summed E-state index contributed by atoms with van der Waals surface area (Å²) in [5.74, 6) is -5.41. The molecule has 0 aliphatic heterocycles. The molecule has 0 spiro atoms. The van der Waals surface area contributed by atoms with Crippen molar-refractivity contribution in [2.75, 3.05) is 0 Å². The molecule has 2 aromatic rings. The van der Waals surface area contributed by atoms with E-state index in [1.54, 1.807) is 0 Å². The third-order valence-electron chi connectivity index (χ3n) is 5.72. The maximum atomic E-state index is 12.3. The number of rotatable bonds is 7. The van der Waals surface area contributed by atoms with E-state index in [4.69, 9.17) is 9.47 Å². The van der Waals surface area contributed by atoms with E-state index in [2.05, 4.69) is 0 Å². The summed E-state index contributed by atoms with van der Waals surface area (Å²) in [4.78, 5) is 36.5. The van der Waals surface area contributed by atoms with Crippen molar-refractivity contribution < 1.29 is 59.6 Å². The Labute approximate surface area is 209 Å². The van der Waals surface area contributed by atoms with E-state index in [0.717, 1.165) is 18.2 Å². The van der Waals surface area contributed by atoms with Crippen LogP contribution in [0.25, 0.3) is 12.2 Å². The number of benzene rings is 2. The molecule has 1 fully saturated rings. The van der Waals surface area contributed by atoms with Crippen LogP contribution < -0.4 is 0 Å². The number of carboxylic acid groups (broad SMARTS) is 1. The van der Waals surface area contributed by atoms with E-state index in [0.29, 0.717) is 5.56 Å². The number of hydrogen-bond acceptors (Lipinski definition) is 11. The molecule has 4 atom stereocenters. The van der Waals surface area contributed by atoms with Crippen molar-refractivity contribution in [3.05, 3.63) is 59.7 Å². The molecular weight excluding hydrogens is 492 g/mol. The van der Waals surface area contributed by atoms with Gasteiger partial charge < -0.3 is 45.2 Å². The van der Waals surface area contributed by atoms with Crippen LogP contribution in [0.5, 0.6) is 23.0 Å². The zero-order valence-electron chi connectivity index (χ0n) is 19.1. The Balaban J connectivity index is 1.66. The number of phenols is 4. The third kappa shape index (κ3) is 6.18. The molecule has 12 nitrogen and oxygen atoms in total. The number of carbonyl (C=O) groups excluding carboxylic acids is 2. The second kappa shape index (κ2) is 11.0. The van der Waals surface area contributed by atoms with E-state index < -0.39 is 59.7 Å². The molecule has 12 heteroatoms. The van der Waals surface area contributed by atoms with Crippen molar-refractivity contribution >= 4 is 30.1 Å². The Bertz CT molecular complexity index is 1250. The molecule has 1 aliphatic rings. The average Bonchev–Trinajstić information content (AvgIpc) is 2.85. The van der Waals surface area contributed by atoms with Crippen molar-refractivity contribution in [1.29, 1.82) is 0 Å². The predicted molar refractivity (Wildman–Crippen MR) is 125 cm³/mol. The minimum atomic E-state index is -2.53. The van der Waals surface area contributed by atoms with Crippen LogP contribution in [0.4, 0.5) is 0 Å². The highest BCUT2D eigenvalue weighted by Crippen LogP contribution is 2.35. The lowest BCUT2D eigenvalue weighted by atomic mass is 9.78. The second-order valence-corrected chi connectivity index (χ2v) is 8.23. The van der Waals surface area contributed by atoms with Gasteiger partial charge in [0.05, 0.1) is 0 Å². The maximum absolute atomic E-state index is 12.3. The molecule has 0 amide bonds. The molecule has 0 unspecified atom stereocenters. The van der Waals surface area contributed by atoms with E-state index >= 15 is 0 Å². The number of aromatic hydroxyl groups is 4. The van der Waals surface area contributed by atoms with Crippen molar-refractivity contribution in [2.24, 2.45) is 0 Å². The number of aliphatic carboxylic acids is 1. The van der Waals surface area contributed by atoms with Crippen LogP contribution in [0.2, 0.25) is 0 Å². The normalized spacial score (nSPS) is 23.7. The molecule has 1 aliphatic carbocycles. The largest absolute Gasteiger partial charge is 0.504 e. The van der Waals surface area contributed by atoms with E-state index in [1.165, 1.54) is 42.5 Å². The summed E-state index contributed by atoms with van der Waals surface area (Å²) in [5, 5.41) is 68.4. The molecule has 2 aromatic carbocycles. The van der Waals surface area contributed by atoms with Crippen LogP contribution in [-0.4, -0.2) is 77.6 Å². The quantitative estimate of drug-likeness (QED) is 0.156. The minimum Gasteiger partial charge on any atom is -0.504 e. The average molecular weight is 516 g/mol. The Morgan fingerprint density at radius 3 is 1.81 bits per heavy atom. The van der Waals surface area contributed by atoms with Gasteiger partial charge in [0.15, 0.2) is 23.0 Å². The van der Waals surface area contributed by atoms with Crippen molar-refractivity contribution in [3.63, 3.8) is 0 Å². The van der Waals surface area contributed by atoms with Crippen LogP contribution in [0, 0.1) is 0 Å². The highest BCUT2D eigenvalue weighted by Gasteiger charge is 2.57. The van der Waals surface area contributed by atoms with Gasteiger partial charge in [-0.1, -0.05) is 12.1 Å². The number of phenolic OH excluding ortho intramolecular Hbond substituents is 4. The summed E-state index contributed by atoms with van der Waals surface area (Å²) >= 11 is 0. The number of carbonyl (C=O) groups is 3. The fraction of sp³-hybridized carbons (Fsp3) is 0.240. The summed E-state index contributed by atoms with van der Waals surface area (Å²) in [6, 6.07) is 7.48. The zero-order valence-corrected chi connectivity index (χ0v) is 19.1. The molecule has 1 saturated carbocycles. The van der Waals surface area contributed by atoms with Gasteiger partial charge in [-0.15, -0.1) is 0 Å². The first-order valence-corrected chi connectivity index (χ1v) is 10.9. The molecule has 3 rings (SSSR count). The molecular formula is C25H24O12. The molecule has 0 radical (unpaired) electrons. The molecule has 7 N–H and O–H groups in total. The van der Waals surface area contributed by atoms with Gasteiger partial charge in [0.25, 0.3) is 0 Å². The Morgan fingerprint density at radius 2 is 1.32 bits per heavy atom. The van der Waals surface area contributed by atoms with Crippen molar-refractivity contribution in [1.82, 2.24) is 0 Å². The van der Waals surface area contributed by atoms with Gasteiger partial charge in [-0.25, -0.2) is 14.4 Å². The van der Waals surface area contributed by atoms with Gasteiger partial charge in [-0.3, -0.25) is 0 Å². The number of hydrogen-bond donors (Lipinski definition) is 7. The molecule has 0 aromatic heterocycles. The molecule has 0 bridgehead atoms. The Morgan fingerprint density at radius 1 is 0.811 bits per heavy atom. The highest BCUT2D eigenvalue weighted by molar-refractivity contribution is 5.91. The summed E-state index contributed by atoms with van der Waals surface area (Å²) in [7, 11) is 0. The van der Waals surface area contributed by atoms with E-state index in [-0.39, 0.29) is 23.5 Å². The summed E-state index contributed by atoms with van der Waals surface area (Å²) in [5.41, 5.74) is -1.90. The third-order valence-corrected chi connectivity index (χ3v) is 5.72. The molecule has 196 valence electrons. The minimum absolute atomic E-state index is 0.271. The lowest BCUT2D eigenvalue weighted by molar-refractivity contribution is -0.222. The topological polar surface area (TPSA) is 211 Å². The predicted octanol–water partition coefficient (Wildman–Crippen LogP) is 1.03. The molecule has 0 saturated heterocycles. The summed E-state index contributed by atoms with van der Waals surface area (Å²) in [6.45, 7) is 0. The smallest absolute Gasteiger partial charge is 0.351 e. The SMILES string of the molecule is O=C(C=Cc1ccc(O)c(O)c1)O[C@@H]1CC[C@@](OC(=O)C=Cc2ccc(O)c(O)c2)(C(=O)O)[C@@H](O)[C@@H]1O. The van der Waals surface area contributed by atoms with Crippen LogP contribution in [0.1, 0.15) is 24.0 Å². The molecule has 37 heavy (non-hydrogen) atoms. The van der Waals surface area contributed by atoms with Gasteiger partial charge in [0.2, 0.25) is 5.60 Å². The highest BCUT2D eigenvalue weighted by atomic mass is 16.6. The molecule has 0 heterocycles. The fourth-order valence-corrected chi connectivity index (χ4v) is 3.69. The first-order chi connectivity index (χ1) is 17.4. The number of aliphatic hydroxyl groups excluding tert-OH is 2. The Hall–Kier alpha value is -4.55. The van der Waals surface area contributed by atoms with Gasteiger partial charge in [-0.05, 0) is 54.0 Å². The standard InChI is InChI=1S/C25H24O12/c26-15-5-1-13(11-17(15)28)3-7-20(30)36-19-9-10-25(24(34)35,23(33)22(19)32)37-21(31)8-4-14-2-6-16(27)18(29)12-14/h1-8,11-12,19,22-23,26-29,32-33H,9-10H2,(H,34,35)/t19-,22-,23+,25+/m1/s1.